The Kier molecular flexibility index (Phi) is 5.43. The van der Waals surface area contributed by atoms with Crippen molar-refractivity contribution in [2.75, 3.05) is 40.1 Å². The largest absolute Gasteiger partial charge is 0.454 e. The van der Waals surface area contributed by atoms with E-state index in [9.17, 15) is 9.59 Å². The summed E-state index contributed by atoms with van der Waals surface area (Å²) in [6.45, 7) is 5.05. The van der Waals surface area contributed by atoms with Crippen LogP contribution >= 0.6 is 0 Å². The van der Waals surface area contributed by atoms with Crippen molar-refractivity contribution >= 4 is 11.9 Å². The standard InChI is InChI=1S/C18H24N2O5/c1-13(17(21)14-5-6-15-16(11-14)25-12-24-15)19(2)18(22)23-10-9-20-7-3-4-8-20/h5-6,11,13H,3-4,7-10,12H2,1-2H3. The number of benzene rings is 1. The van der Waals surface area contributed by atoms with Gasteiger partial charge in [-0.25, -0.2) is 4.79 Å². The van der Waals surface area contributed by atoms with Crippen molar-refractivity contribution in [3.8, 4) is 11.5 Å². The van der Waals surface area contributed by atoms with Gasteiger partial charge in [-0.1, -0.05) is 0 Å². The molecule has 136 valence electrons. The molecule has 0 bridgehead atoms. The normalized spacial score (nSPS) is 17.4. The fourth-order valence-electron chi connectivity index (χ4n) is 3.00. The fraction of sp³-hybridized carbons (Fsp3) is 0.556. The van der Waals surface area contributed by atoms with Gasteiger partial charge in [0.05, 0.1) is 6.04 Å². The third-order valence-electron chi connectivity index (χ3n) is 4.74. The second-order valence-electron chi connectivity index (χ2n) is 6.38. The number of hydrogen-bond acceptors (Lipinski definition) is 6. The van der Waals surface area contributed by atoms with E-state index in [4.69, 9.17) is 14.2 Å². The lowest BCUT2D eigenvalue weighted by atomic mass is 10.0. The first kappa shape index (κ1) is 17.5. The third kappa shape index (κ3) is 4.04. The quantitative estimate of drug-likeness (QED) is 0.734. The molecule has 2 heterocycles. The van der Waals surface area contributed by atoms with Gasteiger partial charge in [0.2, 0.25) is 6.79 Å². The van der Waals surface area contributed by atoms with Crippen LogP contribution in [0.2, 0.25) is 0 Å². The summed E-state index contributed by atoms with van der Waals surface area (Å²) in [5.41, 5.74) is 0.480. The second kappa shape index (κ2) is 7.74. The highest BCUT2D eigenvalue weighted by molar-refractivity contribution is 6.01. The number of ether oxygens (including phenoxy) is 3. The molecule has 7 heteroatoms. The average molecular weight is 348 g/mol. The minimum Gasteiger partial charge on any atom is -0.454 e. The van der Waals surface area contributed by atoms with E-state index < -0.39 is 12.1 Å². The van der Waals surface area contributed by atoms with Gasteiger partial charge in [0.15, 0.2) is 17.3 Å². The van der Waals surface area contributed by atoms with Gasteiger partial charge in [0.1, 0.15) is 6.61 Å². The van der Waals surface area contributed by atoms with Crippen LogP contribution in [0.5, 0.6) is 11.5 Å². The average Bonchev–Trinajstić information content (AvgIpc) is 3.30. The van der Waals surface area contributed by atoms with Crippen LogP contribution in [0.15, 0.2) is 18.2 Å². The number of fused-ring (bicyclic) bond motifs is 1. The number of rotatable bonds is 6. The van der Waals surface area contributed by atoms with Crippen LogP contribution in [0, 0.1) is 0 Å². The molecule has 0 aliphatic carbocycles. The summed E-state index contributed by atoms with van der Waals surface area (Å²) in [4.78, 5) is 28.4. The summed E-state index contributed by atoms with van der Waals surface area (Å²) in [6, 6.07) is 4.41. The first-order chi connectivity index (χ1) is 12.1. The van der Waals surface area contributed by atoms with Crippen molar-refractivity contribution in [3.63, 3.8) is 0 Å². The van der Waals surface area contributed by atoms with E-state index in [0.717, 1.165) is 19.6 Å². The highest BCUT2D eigenvalue weighted by Gasteiger charge is 2.26. The van der Waals surface area contributed by atoms with E-state index in [2.05, 4.69) is 4.90 Å². The van der Waals surface area contributed by atoms with Gasteiger partial charge < -0.3 is 19.1 Å². The van der Waals surface area contributed by atoms with Gasteiger partial charge in [0, 0.05) is 19.2 Å². The van der Waals surface area contributed by atoms with E-state index >= 15 is 0 Å². The molecule has 0 aromatic heterocycles. The van der Waals surface area contributed by atoms with Crippen molar-refractivity contribution in [1.29, 1.82) is 0 Å². The molecule has 3 rings (SSSR count). The highest BCUT2D eigenvalue weighted by atomic mass is 16.7. The Labute approximate surface area is 147 Å². The van der Waals surface area contributed by atoms with E-state index in [-0.39, 0.29) is 12.6 Å². The van der Waals surface area contributed by atoms with Crippen molar-refractivity contribution < 1.29 is 23.8 Å². The summed E-state index contributed by atoms with van der Waals surface area (Å²) in [5, 5.41) is 0. The molecule has 25 heavy (non-hydrogen) atoms. The number of likely N-dealkylation sites (N-methyl/N-ethyl adjacent to an activating group) is 1. The number of carbonyl (C=O) groups is 2. The zero-order valence-corrected chi connectivity index (χ0v) is 14.7. The Balaban J connectivity index is 1.52. The fourth-order valence-corrected chi connectivity index (χ4v) is 3.00. The van der Waals surface area contributed by atoms with Crippen molar-refractivity contribution in [2.45, 2.75) is 25.8 Å². The highest BCUT2D eigenvalue weighted by Crippen LogP contribution is 2.33. The maximum atomic E-state index is 12.6. The Morgan fingerprint density at radius 1 is 1.24 bits per heavy atom. The SMILES string of the molecule is CC(C(=O)c1ccc2c(c1)OCO2)N(C)C(=O)OCCN1CCCC1. The van der Waals surface area contributed by atoms with Crippen LogP contribution < -0.4 is 9.47 Å². The first-order valence-electron chi connectivity index (χ1n) is 8.62. The molecule has 1 fully saturated rings. The van der Waals surface area contributed by atoms with Gasteiger partial charge in [-0.05, 0) is 51.1 Å². The van der Waals surface area contributed by atoms with Gasteiger partial charge in [-0.3, -0.25) is 9.69 Å². The molecule has 1 atom stereocenters. The first-order valence-corrected chi connectivity index (χ1v) is 8.62. The van der Waals surface area contributed by atoms with E-state index in [0.29, 0.717) is 23.7 Å². The van der Waals surface area contributed by atoms with Crippen LogP contribution in [0.4, 0.5) is 4.79 Å². The zero-order valence-electron chi connectivity index (χ0n) is 14.7. The van der Waals surface area contributed by atoms with Crippen LogP contribution in [-0.2, 0) is 4.74 Å². The summed E-state index contributed by atoms with van der Waals surface area (Å²) in [6.07, 6.45) is 1.92. The molecular weight excluding hydrogens is 324 g/mol. The molecule has 7 nitrogen and oxygen atoms in total. The van der Waals surface area contributed by atoms with Gasteiger partial charge in [-0.15, -0.1) is 0 Å². The summed E-state index contributed by atoms with van der Waals surface area (Å²) < 4.78 is 15.8. The summed E-state index contributed by atoms with van der Waals surface area (Å²) in [7, 11) is 1.58. The van der Waals surface area contributed by atoms with E-state index in [1.807, 2.05) is 0 Å². The maximum Gasteiger partial charge on any atom is 0.410 e. The molecule has 0 saturated carbocycles. The lowest BCUT2D eigenvalue weighted by Gasteiger charge is -2.24. The molecule has 1 amide bonds. The number of likely N-dealkylation sites (tertiary alicyclic amines) is 1. The molecule has 2 aliphatic rings. The Morgan fingerprint density at radius 3 is 2.72 bits per heavy atom. The van der Waals surface area contributed by atoms with Crippen molar-refractivity contribution in [3.05, 3.63) is 23.8 Å². The number of ketones is 1. The molecule has 1 aromatic rings. The van der Waals surface area contributed by atoms with E-state index in [1.165, 1.54) is 17.7 Å². The molecular formula is C18H24N2O5. The number of amides is 1. The van der Waals surface area contributed by atoms with Crippen LogP contribution in [-0.4, -0.2) is 67.8 Å². The lowest BCUT2D eigenvalue weighted by molar-refractivity contribution is 0.0734. The predicted octanol–water partition coefficient (Wildman–Crippen LogP) is 2.15. The molecule has 0 N–H and O–H groups in total. The Hall–Kier alpha value is -2.28. The molecule has 0 radical (unpaired) electrons. The second-order valence-corrected chi connectivity index (χ2v) is 6.38. The lowest BCUT2D eigenvalue weighted by Crippen LogP contribution is -2.41. The maximum absolute atomic E-state index is 12.6. The number of nitrogens with zero attached hydrogens (tertiary/aromatic N) is 2. The van der Waals surface area contributed by atoms with Gasteiger partial charge in [-0.2, -0.15) is 0 Å². The number of Topliss-reactive ketones (excluding diaryl/α,β-unsaturated/α-hetero) is 1. The van der Waals surface area contributed by atoms with E-state index in [1.54, 1.807) is 32.2 Å². The Morgan fingerprint density at radius 2 is 1.96 bits per heavy atom. The third-order valence-corrected chi connectivity index (χ3v) is 4.74. The molecule has 1 saturated heterocycles. The van der Waals surface area contributed by atoms with Gasteiger partial charge >= 0.3 is 6.09 Å². The van der Waals surface area contributed by atoms with Crippen LogP contribution in [0.1, 0.15) is 30.1 Å². The van der Waals surface area contributed by atoms with Crippen molar-refractivity contribution in [2.24, 2.45) is 0 Å². The number of hydrogen-bond donors (Lipinski definition) is 0. The van der Waals surface area contributed by atoms with Crippen molar-refractivity contribution in [1.82, 2.24) is 9.80 Å². The molecule has 0 spiro atoms. The molecule has 1 unspecified atom stereocenters. The minimum absolute atomic E-state index is 0.159. The Bertz CT molecular complexity index is 642. The minimum atomic E-state index is -0.625. The smallest absolute Gasteiger partial charge is 0.410 e. The topological polar surface area (TPSA) is 68.3 Å². The monoisotopic (exact) mass is 348 g/mol. The summed E-state index contributed by atoms with van der Waals surface area (Å²) in [5.74, 6) is 1.00. The van der Waals surface area contributed by atoms with Crippen LogP contribution in [0.25, 0.3) is 0 Å². The predicted molar refractivity (Wildman–Crippen MR) is 91.1 cm³/mol. The molecule has 1 aromatic carbocycles. The summed E-state index contributed by atoms with van der Waals surface area (Å²) >= 11 is 0. The van der Waals surface area contributed by atoms with Crippen LogP contribution in [0.3, 0.4) is 0 Å². The zero-order chi connectivity index (χ0) is 17.8. The molecule has 2 aliphatic heterocycles. The number of carbonyl (C=O) groups excluding carboxylic acids is 2. The van der Waals surface area contributed by atoms with Gasteiger partial charge in [0.25, 0.3) is 0 Å².